The molecule has 0 saturated carbocycles. The summed E-state index contributed by atoms with van der Waals surface area (Å²) >= 11 is 0. The van der Waals surface area contributed by atoms with Gasteiger partial charge in [-0.15, -0.1) is 0 Å². The molecule has 1 aliphatic heterocycles. The van der Waals surface area contributed by atoms with Crippen LogP contribution in [0.1, 0.15) is 24.0 Å². The molecule has 1 aliphatic rings. The Labute approximate surface area is 207 Å². The molecular formula is C27H29N5O4. The Hall–Kier alpha value is -4.11. The number of amides is 2. The Morgan fingerprint density at radius 2 is 1.44 bits per heavy atom. The van der Waals surface area contributed by atoms with E-state index in [0.717, 1.165) is 45.9 Å². The zero-order chi connectivity index (χ0) is 25.1. The molecule has 4 aromatic rings. The lowest BCUT2D eigenvalue weighted by molar-refractivity contribution is -0.142. The molecule has 9 heteroatoms. The average Bonchev–Trinajstić information content (AvgIpc) is 3.64. The van der Waals surface area contributed by atoms with Crippen LogP contribution in [-0.2, 0) is 27.2 Å². The number of aromatic nitrogens is 2. The van der Waals surface area contributed by atoms with Crippen molar-refractivity contribution in [2.75, 3.05) is 6.54 Å². The zero-order valence-corrected chi connectivity index (χ0v) is 19.7. The number of carbonyl (C=O) groups is 3. The van der Waals surface area contributed by atoms with Crippen LogP contribution in [0.5, 0.6) is 0 Å². The van der Waals surface area contributed by atoms with E-state index < -0.39 is 24.0 Å². The molecule has 0 aliphatic carbocycles. The number of aromatic amines is 2. The minimum absolute atomic E-state index is 0.114. The highest BCUT2D eigenvalue weighted by atomic mass is 16.4. The van der Waals surface area contributed by atoms with Crippen molar-refractivity contribution in [3.05, 3.63) is 72.1 Å². The van der Waals surface area contributed by atoms with E-state index in [1.807, 2.05) is 54.7 Å². The monoisotopic (exact) mass is 487 g/mol. The first-order valence-electron chi connectivity index (χ1n) is 12.2. The lowest BCUT2D eigenvalue weighted by atomic mass is 10.0. The van der Waals surface area contributed by atoms with E-state index >= 15 is 0 Å². The third-order valence-corrected chi connectivity index (χ3v) is 6.82. The van der Waals surface area contributed by atoms with Crippen molar-refractivity contribution < 1.29 is 19.5 Å². The van der Waals surface area contributed by atoms with Crippen molar-refractivity contribution >= 4 is 39.6 Å². The maximum atomic E-state index is 13.4. The number of para-hydroxylation sites is 2. The molecule has 0 unspecified atom stereocenters. The molecular weight excluding hydrogens is 458 g/mol. The molecule has 5 rings (SSSR count). The Morgan fingerprint density at radius 3 is 2.00 bits per heavy atom. The van der Waals surface area contributed by atoms with Gasteiger partial charge in [0.1, 0.15) is 12.1 Å². The van der Waals surface area contributed by atoms with Gasteiger partial charge in [-0.2, -0.15) is 0 Å². The number of hydrogen-bond donors (Lipinski definition) is 6. The molecule has 9 nitrogen and oxygen atoms in total. The minimum atomic E-state index is -1.15. The van der Waals surface area contributed by atoms with Crippen LogP contribution in [-0.4, -0.2) is 57.5 Å². The third-order valence-electron chi connectivity index (χ3n) is 6.82. The minimum Gasteiger partial charge on any atom is -0.480 e. The van der Waals surface area contributed by atoms with Crippen LogP contribution in [0.3, 0.4) is 0 Å². The van der Waals surface area contributed by atoms with Crippen LogP contribution < -0.4 is 16.0 Å². The van der Waals surface area contributed by atoms with Gasteiger partial charge in [0, 0.05) is 47.0 Å². The van der Waals surface area contributed by atoms with Crippen LogP contribution in [0, 0.1) is 0 Å². The molecule has 6 N–H and O–H groups in total. The number of carboxylic acid groups (broad SMARTS) is 1. The van der Waals surface area contributed by atoms with Gasteiger partial charge in [-0.25, -0.2) is 4.79 Å². The van der Waals surface area contributed by atoms with Crippen molar-refractivity contribution in [3.63, 3.8) is 0 Å². The van der Waals surface area contributed by atoms with E-state index in [0.29, 0.717) is 6.42 Å². The van der Waals surface area contributed by atoms with Crippen LogP contribution in [0.25, 0.3) is 21.8 Å². The number of carbonyl (C=O) groups excluding carboxylic acids is 2. The van der Waals surface area contributed by atoms with Crippen molar-refractivity contribution in [1.29, 1.82) is 0 Å². The highest BCUT2D eigenvalue weighted by Crippen LogP contribution is 2.21. The molecule has 3 heterocycles. The van der Waals surface area contributed by atoms with Crippen molar-refractivity contribution in [2.24, 2.45) is 0 Å². The van der Waals surface area contributed by atoms with Gasteiger partial charge in [0.2, 0.25) is 11.8 Å². The quantitative estimate of drug-likeness (QED) is 0.215. The summed E-state index contributed by atoms with van der Waals surface area (Å²) in [7, 11) is 0. The lowest BCUT2D eigenvalue weighted by Gasteiger charge is -2.23. The highest BCUT2D eigenvalue weighted by molar-refractivity contribution is 5.93. The first kappa shape index (κ1) is 23.6. The van der Waals surface area contributed by atoms with E-state index in [-0.39, 0.29) is 24.8 Å². The first-order chi connectivity index (χ1) is 17.5. The normalized spacial score (nSPS) is 17.2. The number of nitrogens with one attached hydrogen (secondary N) is 5. The van der Waals surface area contributed by atoms with E-state index in [1.165, 1.54) is 0 Å². The Kier molecular flexibility index (Phi) is 6.73. The van der Waals surface area contributed by atoms with E-state index in [4.69, 9.17) is 0 Å². The number of benzene rings is 2. The zero-order valence-electron chi connectivity index (χ0n) is 19.7. The van der Waals surface area contributed by atoms with Crippen LogP contribution in [0.2, 0.25) is 0 Å². The molecule has 0 spiro atoms. The van der Waals surface area contributed by atoms with E-state index in [9.17, 15) is 19.5 Å². The molecule has 2 amide bonds. The summed E-state index contributed by atoms with van der Waals surface area (Å²) in [5.74, 6) is -1.92. The molecule has 0 bridgehead atoms. The molecule has 0 radical (unpaired) electrons. The summed E-state index contributed by atoms with van der Waals surface area (Å²) in [6, 6.07) is 12.9. The fourth-order valence-electron chi connectivity index (χ4n) is 4.90. The largest absolute Gasteiger partial charge is 0.480 e. The predicted molar refractivity (Wildman–Crippen MR) is 137 cm³/mol. The van der Waals surface area contributed by atoms with Crippen molar-refractivity contribution in [2.45, 2.75) is 43.8 Å². The second-order valence-corrected chi connectivity index (χ2v) is 9.24. The Balaban J connectivity index is 1.37. The summed E-state index contributed by atoms with van der Waals surface area (Å²) in [6.45, 7) is 0.753. The third kappa shape index (κ3) is 4.96. The van der Waals surface area contributed by atoms with Gasteiger partial charge in [-0.1, -0.05) is 36.4 Å². The number of carboxylic acids is 1. The Morgan fingerprint density at radius 1 is 0.861 bits per heavy atom. The maximum absolute atomic E-state index is 13.4. The number of hydrogen-bond acceptors (Lipinski definition) is 4. The lowest BCUT2D eigenvalue weighted by Crippen LogP contribution is -2.55. The van der Waals surface area contributed by atoms with Crippen LogP contribution in [0.15, 0.2) is 60.9 Å². The number of rotatable bonds is 9. The maximum Gasteiger partial charge on any atom is 0.326 e. The number of fused-ring (bicyclic) bond motifs is 2. The van der Waals surface area contributed by atoms with Gasteiger partial charge >= 0.3 is 5.97 Å². The molecule has 186 valence electrons. The molecule has 1 saturated heterocycles. The van der Waals surface area contributed by atoms with Crippen molar-refractivity contribution in [3.8, 4) is 0 Å². The van der Waals surface area contributed by atoms with Gasteiger partial charge in [0.05, 0.1) is 6.04 Å². The topological polar surface area (TPSA) is 139 Å². The van der Waals surface area contributed by atoms with Gasteiger partial charge in [-0.05, 0) is 42.6 Å². The fraction of sp³-hybridized carbons (Fsp3) is 0.296. The number of aliphatic carboxylic acids is 1. The molecule has 3 atom stereocenters. The molecule has 1 fully saturated rings. The van der Waals surface area contributed by atoms with Gasteiger partial charge < -0.3 is 31.0 Å². The molecule has 2 aromatic heterocycles. The van der Waals surface area contributed by atoms with Crippen LogP contribution >= 0.6 is 0 Å². The smallest absolute Gasteiger partial charge is 0.326 e. The standard InChI is InChI=1S/C27H29N5O4/c33-25(22-10-5-11-28-22)31-23(12-16-14-29-20-8-3-1-6-18(16)20)26(34)32-24(27(35)36)13-17-15-30-21-9-4-2-7-19(17)21/h1-4,6-9,14-15,22-24,28-30H,5,10-13H2,(H,31,33)(H,32,34)(H,35,36)/t22-,23-,24-/m0/s1. The highest BCUT2D eigenvalue weighted by Gasteiger charge is 2.31. The van der Waals surface area contributed by atoms with Gasteiger partial charge in [0.25, 0.3) is 0 Å². The molecule has 2 aromatic carbocycles. The Bertz CT molecular complexity index is 1400. The molecule has 36 heavy (non-hydrogen) atoms. The fourth-order valence-corrected chi connectivity index (χ4v) is 4.90. The van der Waals surface area contributed by atoms with Gasteiger partial charge in [-0.3, -0.25) is 9.59 Å². The SMILES string of the molecule is O=C(O)[C@H](Cc1c[nH]c2ccccc12)NC(=O)[C@H](Cc1c[nH]c2ccccc12)NC(=O)[C@@H]1CCCN1. The summed E-state index contributed by atoms with van der Waals surface area (Å²) in [5.41, 5.74) is 3.49. The summed E-state index contributed by atoms with van der Waals surface area (Å²) in [6.07, 6.45) is 5.53. The van der Waals surface area contributed by atoms with E-state index in [1.54, 1.807) is 6.20 Å². The summed E-state index contributed by atoms with van der Waals surface area (Å²) < 4.78 is 0. The average molecular weight is 488 g/mol. The summed E-state index contributed by atoms with van der Waals surface area (Å²) in [4.78, 5) is 44.8. The number of H-pyrrole nitrogens is 2. The predicted octanol–water partition coefficient (Wildman–Crippen LogP) is 2.24. The second-order valence-electron chi connectivity index (χ2n) is 9.24. The second kappa shape index (κ2) is 10.2. The van der Waals surface area contributed by atoms with Crippen LogP contribution in [0.4, 0.5) is 0 Å². The van der Waals surface area contributed by atoms with E-state index in [2.05, 4.69) is 25.9 Å². The summed E-state index contributed by atoms with van der Waals surface area (Å²) in [5, 5.41) is 20.5. The first-order valence-corrected chi connectivity index (χ1v) is 12.2. The van der Waals surface area contributed by atoms with Gasteiger partial charge in [0.15, 0.2) is 0 Å². The van der Waals surface area contributed by atoms with Crippen molar-refractivity contribution in [1.82, 2.24) is 25.9 Å².